The maximum absolute atomic E-state index is 13.9. The standard InChI is InChI=1S/C20H21F4N3O/c21-17-3-1-2-4-18(17)26-11-13-27(14-12-26)19(28)9-10-25-16-7-5-15(6-8-16)20(22,23)24/h1-8,25H,9-14H2. The first-order chi connectivity index (χ1) is 13.3. The highest BCUT2D eigenvalue weighted by molar-refractivity contribution is 5.77. The van der Waals surface area contributed by atoms with Crippen LogP contribution in [0.1, 0.15) is 12.0 Å². The molecule has 1 saturated heterocycles. The quantitative estimate of drug-likeness (QED) is 0.778. The van der Waals surface area contributed by atoms with Crippen LogP contribution in [0, 0.1) is 5.82 Å². The van der Waals surface area contributed by atoms with Gasteiger partial charge in [0, 0.05) is 44.8 Å². The first-order valence-corrected chi connectivity index (χ1v) is 9.03. The van der Waals surface area contributed by atoms with E-state index in [9.17, 15) is 22.4 Å². The topological polar surface area (TPSA) is 35.6 Å². The lowest BCUT2D eigenvalue weighted by atomic mass is 10.2. The van der Waals surface area contributed by atoms with Crippen molar-refractivity contribution in [3.05, 3.63) is 59.9 Å². The Labute approximate surface area is 160 Å². The van der Waals surface area contributed by atoms with Gasteiger partial charge in [-0.15, -0.1) is 0 Å². The average Bonchev–Trinajstić information content (AvgIpc) is 2.68. The van der Waals surface area contributed by atoms with Crippen LogP contribution in [0.3, 0.4) is 0 Å². The Kier molecular flexibility index (Phi) is 6.06. The molecule has 1 aliphatic heterocycles. The van der Waals surface area contributed by atoms with Gasteiger partial charge in [0.15, 0.2) is 0 Å². The molecule has 1 aliphatic rings. The Hall–Kier alpha value is -2.77. The smallest absolute Gasteiger partial charge is 0.385 e. The normalized spacial score (nSPS) is 14.9. The lowest BCUT2D eigenvalue weighted by Gasteiger charge is -2.36. The second-order valence-corrected chi connectivity index (χ2v) is 6.57. The van der Waals surface area contributed by atoms with Gasteiger partial charge in [-0.25, -0.2) is 4.39 Å². The highest BCUT2D eigenvalue weighted by atomic mass is 19.4. The molecule has 28 heavy (non-hydrogen) atoms. The number of nitrogens with one attached hydrogen (secondary N) is 1. The van der Waals surface area contributed by atoms with Crippen LogP contribution < -0.4 is 10.2 Å². The van der Waals surface area contributed by atoms with Gasteiger partial charge >= 0.3 is 6.18 Å². The van der Waals surface area contributed by atoms with Gasteiger partial charge in [0.25, 0.3) is 0 Å². The molecule has 1 heterocycles. The molecule has 0 saturated carbocycles. The minimum atomic E-state index is -4.36. The van der Waals surface area contributed by atoms with Gasteiger partial charge in [-0.05, 0) is 36.4 Å². The van der Waals surface area contributed by atoms with Crippen molar-refractivity contribution in [1.29, 1.82) is 0 Å². The van der Waals surface area contributed by atoms with Gasteiger partial charge < -0.3 is 15.1 Å². The summed E-state index contributed by atoms with van der Waals surface area (Å²) in [5, 5.41) is 2.96. The number of hydrogen-bond acceptors (Lipinski definition) is 3. The largest absolute Gasteiger partial charge is 0.416 e. The number of para-hydroxylation sites is 1. The second kappa shape index (κ2) is 8.50. The Morgan fingerprint density at radius 3 is 2.21 bits per heavy atom. The van der Waals surface area contributed by atoms with Crippen molar-refractivity contribution in [2.45, 2.75) is 12.6 Å². The fraction of sp³-hybridized carbons (Fsp3) is 0.350. The maximum Gasteiger partial charge on any atom is 0.416 e. The van der Waals surface area contributed by atoms with Gasteiger partial charge in [0.1, 0.15) is 5.82 Å². The van der Waals surface area contributed by atoms with Gasteiger partial charge in [-0.3, -0.25) is 4.79 Å². The third-order valence-corrected chi connectivity index (χ3v) is 4.71. The van der Waals surface area contributed by atoms with Gasteiger partial charge in [0.05, 0.1) is 11.3 Å². The van der Waals surface area contributed by atoms with E-state index in [1.54, 1.807) is 23.1 Å². The molecule has 1 fully saturated rings. The van der Waals surface area contributed by atoms with Crippen LogP contribution in [0.2, 0.25) is 0 Å². The van der Waals surface area contributed by atoms with Crippen molar-refractivity contribution < 1.29 is 22.4 Å². The number of halogens is 4. The molecular formula is C20H21F4N3O. The molecule has 2 aromatic carbocycles. The lowest BCUT2D eigenvalue weighted by Crippen LogP contribution is -2.49. The van der Waals surface area contributed by atoms with Crippen LogP contribution in [0.15, 0.2) is 48.5 Å². The van der Waals surface area contributed by atoms with Gasteiger partial charge in [0.2, 0.25) is 5.91 Å². The predicted molar refractivity (Wildman–Crippen MR) is 99.7 cm³/mol. The summed E-state index contributed by atoms with van der Waals surface area (Å²) in [5.74, 6) is -0.310. The van der Waals surface area contributed by atoms with Crippen molar-refractivity contribution in [1.82, 2.24) is 4.90 Å². The molecule has 0 unspecified atom stereocenters. The van der Waals surface area contributed by atoms with E-state index in [0.717, 1.165) is 12.1 Å². The third-order valence-electron chi connectivity index (χ3n) is 4.71. The number of piperazine rings is 1. The molecule has 4 nitrogen and oxygen atoms in total. The van der Waals surface area contributed by atoms with E-state index in [2.05, 4.69) is 5.32 Å². The summed E-state index contributed by atoms with van der Waals surface area (Å²) in [6, 6.07) is 11.3. The predicted octanol–water partition coefficient (Wildman–Crippen LogP) is 4.00. The van der Waals surface area contributed by atoms with Crippen molar-refractivity contribution >= 4 is 17.3 Å². The second-order valence-electron chi connectivity index (χ2n) is 6.57. The molecule has 0 spiro atoms. The number of hydrogen-bond donors (Lipinski definition) is 1. The lowest BCUT2D eigenvalue weighted by molar-refractivity contribution is -0.137. The molecule has 0 radical (unpaired) electrons. The van der Waals surface area contributed by atoms with Crippen LogP contribution in [0.5, 0.6) is 0 Å². The minimum absolute atomic E-state index is 0.0346. The molecule has 8 heteroatoms. The van der Waals surface area contributed by atoms with E-state index in [1.165, 1.54) is 18.2 Å². The molecule has 1 N–H and O–H groups in total. The first-order valence-electron chi connectivity index (χ1n) is 9.03. The van der Waals surface area contributed by atoms with Crippen LogP contribution in [0.25, 0.3) is 0 Å². The Morgan fingerprint density at radius 2 is 1.61 bits per heavy atom. The summed E-state index contributed by atoms with van der Waals surface area (Å²) in [7, 11) is 0. The van der Waals surface area contributed by atoms with E-state index >= 15 is 0 Å². The van der Waals surface area contributed by atoms with Crippen molar-refractivity contribution in [2.75, 3.05) is 42.9 Å². The van der Waals surface area contributed by atoms with Crippen molar-refractivity contribution in [2.24, 2.45) is 0 Å². The number of nitrogens with zero attached hydrogens (tertiary/aromatic N) is 2. The molecule has 150 valence electrons. The van der Waals surface area contributed by atoms with Gasteiger partial charge in [-0.2, -0.15) is 13.2 Å². The molecule has 1 amide bonds. The number of carbonyl (C=O) groups is 1. The summed E-state index contributed by atoms with van der Waals surface area (Å²) < 4.78 is 51.5. The fourth-order valence-electron chi connectivity index (χ4n) is 3.15. The summed E-state index contributed by atoms with van der Waals surface area (Å²) in [6.45, 7) is 2.45. The molecule has 0 atom stereocenters. The number of alkyl halides is 3. The molecule has 2 aromatic rings. The van der Waals surface area contributed by atoms with Crippen molar-refractivity contribution in [3.8, 4) is 0 Å². The maximum atomic E-state index is 13.9. The highest BCUT2D eigenvalue weighted by Crippen LogP contribution is 2.29. The van der Waals surface area contributed by atoms with E-state index in [0.29, 0.717) is 44.1 Å². The van der Waals surface area contributed by atoms with Crippen LogP contribution in [-0.4, -0.2) is 43.5 Å². The summed E-state index contributed by atoms with van der Waals surface area (Å²) in [4.78, 5) is 16.0. The zero-order valence-electron chi connectivity index (χ0n) is 15.2. The monoisotopic (exact) mass is 395 g/mol. The fourth-order valence-corrected chi connectivity index (χ4v) is 3.15. The van der Waals surface area contributed by atoms with E-state index in [4.69, 9.17) is 0 Å². The molecule has 0 aliphatic carbocycles. The number of benzene rings is 2. The van der Waals surface area contributed by atoms with Crippen LogP contribution >= 0.6 is 0 Å². The molecular weight excluding hydrogens is 374 g/mol. The SMILES string of the molecule is O=C(CCNc1ccc(C(F)(F)F)cc1)N1CCN(c2ccccc2F)CC1. The highest BCUT2D eigenvalue weighted by Gasteiger charge is 2.30. The number of carbonyl (C=O) groups excluding carboxylic acids is 1. The first kappa shape index (κ1) is 20.0. The number of anilines is 2. The molecule has 3 rings (SSSR count). The van der Waals surface area contributed by atoms with Crippen LogP contribution in [-0.2, 0) is 11.0 Å². The van der Waals surface area contributed by atoms with Crippen LogP contribution in [0.4, 0.5) is 28.9 Å². The molecule has 0 aromatic heterocycles. The van der Waals surface area contributed by atoms with E-state index in [1.807, 2.05) is 4.90 Å². The zero-order chi connectivity index (χ0) is 20.1. The Morgan fingerprint density at radius 1 is 0.964 bits per heavy atom. The van der Waals surface area contributed by atoms with E-state index < -0.39 is 11.7 Å². The Bertz CT molecular complexity index is 800. The average molecular weight is 395 g/mol. The summed E-state index contributed by atoms with van der Waals surface area (Å²) in [5.41, 5.74) is 0.366. The van der Waals surface area contributed by atoms with Crippen molar-refractivity contribution in [3.63, 3.8) is 0 Å². The van der Waals surface area contributed by atoms with Gasteiger partial charge in [-0.1, -0.05) is 12.1 Å². The summed E-state index contributed by atoms with van der Waals surface area (Å²) in [6.07, 6.45) is -4.12. The minimum Gasteiger partial charge on any atom is -0.385 e. The van der Waals surface area contributed by atoms with E-state index in [-0.39, 0.29) is 18.1 Å². The number of amides is 1. The molecule has 0 bridgehead atoms. The zero-order valence-corrected chi connectivity index (χ0v) is 15.2. The Balaban J connectivity index is 1.43. The third kappa shape index (κ3) is 4.94. The summed E-state index contributed by atoms with van der Waals surface area (Å²) >= 11 is 0. The number of rotatable bonds is 5.